The van der Waals surface area contributed by atoms with Gasteiger partial charge < -0.3 is 10.1 Å². The first kappa shape index (κ1) is 18.5. The van der Waals surface area contributed by atoms with E-state index in [1.165, 1.54) is 0 Å². The van der Waals surface area contributed by atoms with Crippen molar-refractivity contribution in [3.63, 3.8) is 0 Å². The van der Waals surface area contributed by atoms with E-state index < -0.39 is 5.41 Å². The lowest BCUT2D eigenvalue weighted by Crippen LogP contribution is -2.36. The largest absolute Gasteiger partial charge is 0.455 e. The fraction of sp³-hybridized carbons (Fsp3) is 0.333. The van der Waals surface area contributed by atoms with Gasteiger partial charge in [-0.05, 0) is 49.1 Å². The molecule has 0 saturated heterocycles. The lowest BCUT2D eigenvalue weighted by atomic mass is 9.79. The van der Waals surface area contributed by atoms with E-state index in [0.29, 0.717) is 10.7 Å². The second-order valence-corrected chi connectivity index (χ2v) is 7.18. The average Bonchev–Trinajstić information content (AvgIpc) is 3.14. The van der Waals surface area contributed by atoms with Crippen LogP contribution < -0.4 is 5.32 Å². The number of benzene rings is 2. The Labute approximate surface area is 158 Å². The van der Waals surface area contributed by atoms with Crippen molar-refractivity contribution in [3.8, 4) is 0 Å². The minimum atomic E-state index is -0.627. The SMILES string of the molecule is Cc1cc(Cl)ccc1NC(=O)COC(=O)C1(c2ccccc2)CCCC1. The Kier molecular flexibility index (Phi) is 5.62. The maximum atomic E-state index is 12.8. The summed E-state index contributed by atoms with van der Waals surface area (Å²) in [7, 11) is 0. The van der Waals surface area contributed by atoms with E-state index in [2.05, 4.69) is 5.32 Å². The van der Waals surface area contributed by atoms with Gasteiger partial charge in [-0.25, -0.2) is 0 Å². The molecule has 0 radical (unpaired) electrons. The minimum Gasteiger partial charge on any atom is -0.455 e. The van der Waals surface area contributed by atoms with Crippen LogP contribution in [-0.4, -0.2) is 18.5 Å². The van der Waals surface area contributed by atoms with Gasteiger partial charge in [0.1, 0.15) is 0 Å². The summed E-state index contributed by atoms with van der Waals surface area (Å²) in [6, 6.07) is 14.9. The molecule has 3 rings (SSSR count). The number of amides is 1. The van der Waals surface area contributed by atoms with Crippen LogP contribution in [0.1, 0.15) is 36.8 Å². The number of nitrogens with one attached hydrogen (secondary N) is 1. The first-order valence-corrected chi connectivity index (χ1v) is 9.18. The van der Waals surface area contributed by atoms with E-state index in [1.54, 1.807) is 18.2 Å². The average molecular weight is 372 g/mol. The molecule has 5 heteroatoms. The summed E-state index contributed by atoms with van der Waals surface area (Å²) in [6.07, 6.45) is 3.49. The number of aryl methyl sites for hydroxylation is 1. The predicted octanol–water partition coefficient (Wildman–Crippen LogP) is 4.64. The standard InChI is InChI=1S/C21H22ClNO3/c1-15-13-17(22)9-10-18(15)23-19(24)14-26-20(25)21(11-5-6-12-21)16-7-3-2-4-8-16/h2-4,7-10,13H,5-6,11-12,14H2,1H3,(H,23,24). The van der Waals surface area contributed by atoms with Gasteiger partial charge in [0.15, 0.2) is 6.61 Å². The number of carbonyl (C=O) groups is 2. The highest BCUT2D eigenvalue weighted by atomic mass is 35.5. The van der Waals surface area contributed by atoms with Crippen LogP contribution in [0.3, 0.4) is 0 Å². The number of hydrogen-bond donors (Lipinski definition) is 1. The molecule has 1 aliphatic carbocycles. The molecule has 26 heavy (non-hydrogen) atoms. The van der Waals surface area contributed by atoms with Crippen molar-refractivity contribution >= 4 is 29.2 Å². The molecule has 1 saturated carbocycles. The van der Waals surface area contributed by atoms with Gasteiger partial charge in [0, 0.05) is 10.7 Å². The molecule has 2 aromatic carbocycles. The van der Waals surface area contributed by atoms with E-state index >= 15 is 0 Å². The van der Waals surface area contributed by atoms with Crippen LogP contribution in [0.15, 0.2) is 48.5 Å². The summed E-state index contributed by atoms with van der Waals surface area (Å²) in [5, 5.41) is 3.37. The number of rotatable bonds is 5. The van der Waals surface area contributed by atoms with Crippen LogP contribution in [0.4, 0.5) is 5.69 Å². The van der Waals surface area contributed by atoms with Crippen molar-refractivity contribution in [1.82, 2.24) is 0 Å². The monoisotopic (exact) mass is 371 g/mol. The Morgan fingerprint density at radius 3 is 2.46 bits per heavy atom. The number of carbonyl (C=O) groups excluding carboxylic acids is 2. The van der Waals surface area contributed by atoms with Gasteiger partial charge in [-0.1, -0.05) is 54.8 Å². The zero-order valence-electron chi connectivity index (χ0n) is 14.8. The normalized spacial score (nSPS) is 15.5. The van der Waals surface area contributed by atoms with Gasteiger partial charge in [-0.3, -0.25) is 9.59 Å². The molecule has 0 bridgehead atoms. The number of halogens is 1. The highest BCUT2D eigenvalue weighted by Gasteiger charge is 2.44. The first-order chi connectivity index (χ1) is 12.5. The van der Waals surface area contributed by atoms with Gasteiger partial charge in [0.25, 0.3) is 5.91 Å². The molecule has 0 spiro atoms. The smallest absolute Gasteiger partial charge is 0.317 e. The van der Waals surface area contributed by atoms with Crippen molar-refractivity contribution in [2.45, 2.75) is 38.0 Å². The van der Waals surface area contributed by atoms with Crippen LogP contribution >= 0.6 is 11.6 Å². The third-order valence-corrected chi connectivity index (χ3v) is 5.21. The molecule has 0 atom stereocenters. The highest BCUT2D eigenvalue weighted by Crippen LogP contribution is 2.42. The summed E-state index contributed by atoms with van der Waals surface area (Å²) in [5.74, 6) is -0.672. The molecule has 1 aliphatic rings. The Balaban J connectivity index is 1.64. The molecular formula is C21H22ClNO3. The maximum absolute atomic E-state index is 12.8. The molecule has 4 nitrogen and oxygen atoms in total. The highest BCUT2D eigenvalue weighted by molar-refractivity contribution is 6.30. The Bertz CT molecular complexity index is 798. The van der Waals surface area contributed by atoms with Crippen molar-refractivity contribution in [2.24, 2.45) is 0 Å². The number of esters is 1. The Morgan fingerprint density at radius 2 is 1.81 bits per heavy atom. The number of hydrogen-bond acceptors (Lipinski definition) is 3. The molecule has 2 aromatic rings. The fourth-order valence-electron chi connectivity index (χ4n) is 3.57. The zero-order chi connectivity index (χ0) is 18.6. The van der Waals surface area contributed by atoms with Crippen molar-refractivity contribution < 1.29 is 14.3 Å². The maximum Gasteiger partial charge on any atom is 0.317 e. The molecule has 0 heterocycles. The van der Waals surface area contributed by atoms with Crippen LogP contribution in [0, 0.1) is 6.92 Å². The second kappa shape index (κ2) is 7.92. The topological polar surface area (TPSA) is 55.4 Å². The lowest BCUT2D eigenvalue weighted by molar-refractivity contribution is -0.153. The predicted molar refractivity (Wildman–Crippen MR) is 102 cm³/mol. The molecule has 1 fully saturated rings. The third kappa shape index (κ3) is 3.91. The molecule has 0 unspecified atom stereocenters. The van der Waals surface area contributed by atoms with Crippen molar-refractivity contribution in [1.29, 1.82) is 0 Å². The third-order valence-electron chi connectivity index (χ3n) is 4.97. The van der Waals surface area contributed by atoms with Gasteiger partial charge >= 0.3 is 5.97 Å². The van der Waals surface area contributed by atoms with E-state index in [-0.39, 0.29) is 18.5 Å². The first-order valence-electron chi connectivity index (χ1n) is 8.80. The number of ether oxygens (including phenoxy) is 1. The van der Waals surface area contributed by atoms with Gasteiger partial charge in [0.05, 0.1) is 5.41 Å². The van der Waals surface area contributed by atoms with Crippen molar-refractivity contribution in [3.05, 3.63) is 64.7 Å². The Hall–Kier alpha value is -2.33. The molecule has 1 amide bonds. The van der Waals surface area contributed by atoms with Crippen molar-refractivity contribution in [2.75, 3.05) is 11.9 Å². The quantitative estimate of drug-likeness (QED) is 0.779. The van der Waals surface area contributed by atoms with Gasteiger partial charge in [0.2, 0.25) is 0 Å². The van der Waals surface area contributed by atoms with E-state index in [0.717, 1.165) is 36.8 Å². The van der Waals surface area contributed by atoms with Crippen LogP contribution in [0.5, 0.6) is 0 Å². The molecular weight excluding hydrogens is 350 g/mol. The van der Waals surface area contributed by atoms with E-state index in [9.17, 15) is 9.59 Å². The van der Waals surface area contributed by atoms with E-state index in [1.807, 2.05) is 37.3 Å². The summed E-state index contributed by atoms with van der Waals surface area (Å²) in [4.78, 5) is 25.0. The lowest BCUT2D eigenvalue weighted by Gasteiger charge is -2.27. The molecule has 136 valence electrons. The molecule has 1 N–H and O–H groups in total. The summed E-state index contributed by atoms with van der Waals surface area (Å²) < 4.78 is 5.40. The van der Waals surface area contributed by atoms with E-state index in [4.69, 9.17) is 16.3 Å². The van der Waals surface area contributed by atoms with Gasteiger partial charge in [-0.2, -0.15) is 0 Å². The zero-order valence-corrected chi connectivity index (χ0v) is 15.5. The second-order valence-electron chi connectivity index (χ2n) is 6.74. The summed E-state index contributed by atoms with van der Waals surface area (Å²) >= 11 is 5.92. The van der Waals surface area contributed by atoms with Crippen LogP contribution in [-0.2, 0) is 19.7 Å². The van der Waals surface area contributed by atoms with Crippen LogP contribution in [0.2, 0.25) is 5.02 Å². The fourth-order valence-corrected chi connectivity index (χ4v) is 3.80. The molecule has 0 aliphatic heterocycles. The van der Waals surface area contributed by atoms with Crippen LogP contribution in [0.25, 0.3) is 0 Å². The Morgan fingerprint density at radius 1 is 1.12 bits per heavy atom. The van der Waals surface area contributed by atoms with Gasteiger partial charge in [-0.15, -0.1) is 0 Å². The summed E-state index contributed by atoms with van der Waals surface area (Å²) in [6.45, 7) is 1.56. The summed E-state index contributed by atoms with van der Waals surface area (Å²) in [5.41, 5.74) is 1.86. The number of anilines is 1. The minimum absolute atomic E-state index is 0.296. The molecule has 0 aromatic heterocycles.